The van der Waals surface area contributed by atoms with E-state index in [-0.39, 0.29) is 11.7 Å². The number of benzene rings is 2. The van der Waals surface area contributed by atoms with Crippen molar-refractivity contribution in [3.8, 4) is 17.2 Å². The topological polar surface area (TPSA) is 92.6 Å². The van der Waals surface area contributed by atoms with Crippen molar-refractivity contribution < 1.29 is 33.8 Å². The Labute approximate surface area is 217 Å². The van der Waals surface area contributed by atoms with Gasteiger partial charge in [0, 0.05) is 12.0 Å². The van der Waals surface area contributed by atoms with Crippen molar-refractivity contribution in [2.24, 2.45) is 0 Å². The van der Waals surface area contributed by atoms with E-state index in [4.69, 9.17) is 14.2 Å². The summed E-state index contributed by atoms with van der Waals surface area (Å²) in [6, 6.07) is 9.62. The van der Waals surface area contributed by atoms with Crippen molar-refractivity contribution in [1.29, 1.82) is 0 Å². The Morgan fingerprint density at radius 3 is 2.68 bits per heavy atom. The second-order valence-electron chi connectivity index (χ2n) is 9.62. The van der Waals surface area contributed by atoms with Crippen molar-refractivity contribution in [3.05, 3.63) is 71.3 Å². The fraction of sp³-hybridized carbons (Fsp3) is 0.379. The molecule has 0 saturated carbocycles. The Bertz CT molecular complexity index is 1230. The van der Waals surface area contributed by atoms with Crippen LogP contribution in [0.5, 0.6) is 17.2 Å². The Balaban J connectivity index is 1.83. The molecule has 8 nitrogen and oxygen atoms in total. The molecule has 37 heavy (non-hydrogen) atoms. The van der Waals surface area contributed by atoms with E-state index in [9.17, 15) is 14.7 Å². The van der Waals surface area contributed by atoms with E-state index in [2.05, 4.69) is 6.58 Å². The molecule has 2 unspecified atom stereocenters. The number of Topliss-reactive ketones (excluding diaryl/α,β-unsaturated/α-hetero) is 1. The molecule has 1 fully saturated rings. The highest BCUT2D eigenvalue weighted by molar-refractivity contribution is 6.46. The number of ketones is 1. The SMILES string of the molecule is C=CCOc1ccc(C2/C(=C(\[O-])c3ccc4c(c3)CC(C)O4)C(=O)C(=O)N2CC[NH+](C)C)cc1OCC. The lowest BCUT2D eigenvalue weighted by atomic mass is 9.94. The average Bonchev–Trinajstić information content (AvgIpc) is 3.36. The number of quaternary nitrogens is 1. The molecular weight excluding hydrogens is 472 g/mol. The predicted molar refractivity (Wildman–Crippen MR) is 138 cm³/mol. The Kier molecular flexibility index (Phi) is 7.88. The van der Waals surface area contributed by atoms with Gasteiger partial charge in [0.1, 0.15) is 18.5 Å². The van der Waals surface area contributed by atoms with E-state index in [1.54, 1.807) is 42.5 Å². The van der Waals surface area contributed by atoms with Crippen molar-refractivity contribution in [1.82, 2.24) is 4.90 Å². The molecule has 0 aliphatic carbocycles. The number of rotatable bonds is 10. The molecule has 1 N–H and O–H groups in total. The fourth-order valence-corrected chi connectivity index (χ4v) is 4.74. The third kappa shape index (κ3) is 5.34. The highest BCUT2D eigenvalue weighted by atomic mass is 16.5. The highest BCUT2D eigenvalue weighted by Crippen LogP contribution is 2.42. The van der Waals surface area contributed by atoms with Crippen molar-refractivity contribution in [2.45, 2.75) is 32.4 Å². The van der Waals surface area contributed by atoms with Gasteiger partial charge in [-0.3, -0.25) is 9.59 Å². The van der Waals surface area contributed by atoms with Gasteiger partial charge in [-0.1, -0.05) is 30.5 Å². The van der Waals surface area contributed by atoms with Crippen molar-refractivity contribution in [3.63, 3.8) is 0 Å². The normalized spacial score (nSPS) is 20.2. The van der Waals surface area contributed by atoms with E-state index >= 15 is 0 Å². The summed E-state index contributed by atoms with van der Waals surface area (Å²) >= 11 is 0. The molecule has 2 aliphatic heterocycles. The summed E-state index contributed by atoms with van der Waals surface area (Å²) in [5.74, 6) is -0.147. The maximum Gasteiger partial charge on any atom is 0.295 e. The van der Waals surface area contributed by atoms with Crippen LogP contribution in [0.25, 0.3) is 5.76 Å². The first-order valence-corrected chi connectivity index (χ1v) is 12.6. The Morgan fingerprint density at radius 1 is 1.19 bits per heavy atom. The molecule has 1 saturated heterocycles. The summed E-state index contributed by atoms with van der Waals surface area (Å²) in [6.45, 7) is 9.14. The zero-order chi connectivity index (χ0) is 26.7. The van der Waals surface area contributed by atoms with Crippen molar-refractivity contribution >= 4 is 17.4 Å². The summed E-state index contributed by atoms with van der Waals surface area (Å²) in [7, 11) is 3.94. The largest absolute Gasteiger partial charge is 0.872 e. The number of likely N-dealkylation sites (tertiary alicyclic amines) is 1. The van der Waals surface area contributed by atoms with Gasteiger partial charge in [-0.2, -0.15) is 0 Å². The number of carbonyl (C=O) groups is 2. The minimum absolute atomic E-state index is 0.0262. The minimum atomic E-state index is -0.831. The maximum atomic E-state index is 13.8. The van der Waals surface area contributed by atoms with Gasteiger partial charge >= 0.3 is 0 Å². The number of likely N-dealkylation sites (N-methyl/N-ethyl adjacent to an activating group) is 1. The summed E-state index contributed by atoms with van der Waals surface area (Å²) in [4.78, 5) is 29.1. The first-order chi connectivity index (χ1) is 17.7. The van der Waals surface area contributed by atoms with Crippen molar-refractivity contribution in [2.75, 3.05) is 40.4 Å². The van der Waals surface area contributed by atoms with Gasteiger partial charge in [0.2, 0.25) is 5.78 Å². The molecule has 1 amide bonds. The second-order valence-corrected chi connectivity index (χ2v) is 9.62. The number of fused-ring (bicyclic) bond motifs is 1. The van der Waals surface area contributed by atoms with Crippen LogP contribution in [0.3, 0.4) is 0 Å². The van der Waals surface area contributed by atoms with Crippen LogP contribution in [0.15, 0.2) is 54.6 Å². The first kappa shape index (κ1) is 26.3. The molecule has 2 atom stereocenters. The van der Waals surface area contributed by atoms with E-state index in [0.717, 1.165) is 16.2 Å². The van der Waals surface area contributed by atoms with Gasteiger partial charge in [-0.15, -0.1) is 0 Å². The van der Waals surface area contributed by atoms with Crippen LogP contribution in [-0.4, -0.2) is 63.1 Å². The van der Waals surface area contributed by atoms with Gasteiger partial charge in [0.05, 0.1) is 39.8 Å². The van der Waals surface area contributed by atoms with Gasteiger partial charge in [0.25, 0.3) is 5.91 Å². The van der Waals surface area contributed by atoms with Gasteiger partial charge in [0.15, 0.2) is 11.5 Å². The number of ether oxygens (including phenoxy) is 3. The van der Waals surface area contributed by atoms with E-state index in [0.29, 0.717) is 55.4 Å². The summed E-state index contributed by atoms with van der Waals surface area (Å²) < 4.78 is 17.3. The molecule has 2 heterocycles. The monoisotopic (exact) mass is 506 g/mol. The van der Waals surface area contributed by atoms with Crippen LogP contribution < -0.4 is 24.2 Å². The quantitative estimate of drug-likeness (QED) is 0.226. The van der Waals surface area contributed by atoms with Gasteiger partial charge in [-0.25, -0.2) is 0 Å². The number of hydrogen-bond donors (Lipinski definition) is 1. The molecule has 2 aliphatic rings. The highest BCUT2D eigenvalue weighted by Gasteiger charge is 2.44. The molecule has 0 bridgehead atoms. The lowest BCUT2D eigenvalue weighted by Crippen LogP contribution is -3.06. The molecule has 0 aromatic heterocycles. The summed E-state index contributed by atoms with van der Waals surface area (Å²) in [5.41, 5.74) is 1.85. The van der Waals surface area contributed by atoms with Crippen LogP contribution in [0, 0.1) is 0 Å². The third-order valence-electron chi connectivity index (χ3n) is 6.48. The average molecular weight is 507 g/mol. The third-order valence-corrected chi connectivity index (χ3v) is 6.48. The van der Waals surface area contributed by atoms with Crippen LogP contribution >= 0.6 is 0 Å². The Hall–Kier alpha value is -3.78. The molecule has 2 aromatic carbocycles. The molecule has 2 aromatic rings. The lowest BCUT2D eigenvalue weighted by molar-refractivity contribution is -0.857. The fourth-order valence-electron chi connectivity index (χ4n) is 4.74. The van der Waals surface area contributed by atoms with Crippen LogP contribution in [0.1, 0.15) is 36.6 Å². The first-order valence-electron chi connectivity index (χ1n) is 12.6. The van der Waals surface area contributed by atoms with Crippen LogP contribution in [0.4, 0.5) is 0 Å². The smallest absolute Gasteiger partial charge is 0.295 e. The predicted octanol–water partition coefficient (Wildman–Crippen LogP) is 1.34. The van der Waals surface area contributed by atoms with Crippen LogP contribution in [-0.2, 0) is 16.0 Å². The van der Waals surface area contributed by atoms with Gasteiger partial charge < -0.3 is 29.1 Å². The summed E-state index contributed by atoms with van der Waals surface area (Å²) in [5, 5.41) is 13.8. The number of nitrogens with one attached hydrogen (secondary N) is 1. The molecule has 0 radical (unpaired) electrons. The number of nitrogens with zero attached hydrogens (tertiary/aromatic N) is 1. The molecule has 8 heteroatoms. The number of amides is 1. The lowest BCUT2D eigenvalue weighted by Gasteiger charge is -2.28. The molecule has 0 spiro atoms. The Morgan fingerprint density at radius 2 is 1.97 bits per heavy atom. The molecule has 4 rings (SSSR count). The summed E-state index contributed by atoms with van der Waals surface area (Å²) in [6.07, 6.45) is 2.35. The van der Waals surface area contributed by atoms with Crippen LogP contribution in [0.2, 0.25) is 0 Å². The zero-order valence-electron chi connectivity index (χ0n) is 21.8. The number of hydrogen-bond acceptors (Lipinski definition) is 6. The minimum Gasteiger partial charge on any atom is -0.872 e. The van der Waals surface area contributed by atoms with E-state index in [1.165, 1.54) is 4.90 Å². The zero-order valence-corrected chi connectivity index (χ0v) is 21.8. The van der Waals surface area contributed by atoms with E-state index in [1.807, 2.05) is 27.9 Å². The molecular formula is C29H34N2O6. The number of carbonyl (C=O) groups excluding carboxylic acids is 2. The molecule has 196 valence electrons. The maximum absolute atomic E-state index is 13.8. The van der Waals surface area contributed by atoms with Gasteiger partial charge in [-0.05, 0) is 54.8 Å². The second kappa shape index (κ2) is 11.1. The van der Waals surface area contributed by atoms with E-state index < -0.39 is 23.5 Å². The standard InChI is InChI=1S/C29H34N2O6/c1-6-14-36-23-11-8-19(17-24(23)35-7-2)26-25(28(33)29(34)31(26)13-12-30(4)5)27(32)20-9-10-22-21(16-20)15-18(3)37-22/h6,8-11,16-18,26,32H,1,7,12-15H2,2-5H3/b27-25+.